The molecule has 0 spiro atoms. The van der Waals surface area contributed by atoms with Crippen molar-refractivity contribution in [3.05, 3.63) is 0 Å². The molecule has 4 heteroatoms. The van der Waals surface area contributed by atoms with E-state index in [2.05, 4.69) is 5.32 Å². The molecule has 0 unspecified atom stereocenters. The molecule has 13 heavy (non-hydrogen) atoms. The highest BCUT2D eigenvalue weighted by Gasteiger charge is 2.24. The van der Waals surface area contributed by atoms with Crippen molar-refractivity contribution in [2.45, 2.75) is 38.6 Å². The number of rotatable bonds is 2. The van der Waals surface area contributed by atoms with E-state index in [-0.39, 0.29) is 17.7 Å². The molecule has 2 N–H and O–H groups in total. The van der Waals surface area contributed by atoms with Gasteiger partial charge in [0.1, 0.15) is 5.78 Å². The van der Waals surface area contributed by atoms with Crippen LogP contribution in [0.2, 0.25) is 0 Å². The minimum absolute atomic E-state index is 0.0492. The van der Waals surface area contributed by atoms with Gasteiger partial charge in [0.2, 0.25) is 0 Å². The summed E-state index contributed by atoms with van der Waals surface area (Å²) in [4.78, 5) is 21.3. The van der Waals surface area contributed by atoms with E-state index in [1.165, 1.54) is 0 Å². The molecule has 0 aromatic heterocycles. The summed E-state index contributed by atoms with van der Waals surface area (Å²) in [5.41, 5.74) is 0. The molecule has 1 amide bonds. The van der Waals surface area contributed by atoms with Crippen LogP contribution in [0, 0.1) is 5.92 Å². The Morgan fingerprint density at radius 3 is 2.15 bits per heavy atom. The summed E-state index contributed by atoms with van der Waals surface area (Å²) in [5, 5.41) is 10.9. The standard InChI is InChI=1S/C9H15NO3/c1-6(11)7-2-4-8(5-3-7)10-9(12)13/h7-8,10H,2-5H2,1H3,(H,12,13)/t7-,8-. The molecule has 4 nitrogen and oxygen atoms in total. The molecular formula is C9H15NO3. The number of amides is 1. The highest BCUT2D eigenvalue weighted by molar-refractivity contribution is 5.78. The van der Waals surface area contributed by atoms with E-state index >= 15 is 0 Å². The molecular weight excluding hydrogens is 170 g/mol. The van der Waals surface area contributed by atoms with E-state index in [9.17, 15) is 9.59 Å². The van der Waals surface area contributed by atoms with Gasteiger partial charge in [0.05, 0.1) is 0 Å². The van der Waals surface area contributed by atoms with Crippen LogP contribution >= 0.6 is 0 Å². The Morgan fingerprint density at radius 1 is 1.23 bits per heavy atom. The van der Waals surface area contributed by atoms with Gasteiger partial charge >= 0.3 is 6.09 Å². The number of Topliss-reactive ketones (excluding diaryl/α,β-unsaturated/α-hetero) is 1. The molecule has 0 aromatic carbocycles. The first-order valence-electron chi connectivity index (χ1n) is 4.59. The fourth-order valence-electron chi connectivity index (χ4n) is 1.82. The monoisotopic (exact) mass is 185 g/mol. The molecule has 0 atom stereocenters. The Hall–Kier alpha value is -1.06. The maximum absolute atomic E-state index is 11.0. The lowest BCUT2D eigenvalue weighted by molar-refractivity contribution is -0.121. The van der Waals surface area contributed by atoms with Crippen LogP contribution in [-0.4, -0.2) is 23.0 Å². The molecule has 1 rings (SSSR count). The van der Waals surface area contributed by atoms with Gasteiger partial charge < -0.3 is 10.4 Å². The van der Waals surface area contributed by atoms with Crippen molar-refractivity contribution in [3.63, 3.8) is 0 Å². The predicted molar refractivity (Wildman–Crippen MR) is 47.6 cm³/mol. The second kappa shape index (κ2) is 4.25. The maximum Gasteiger partial charge on any atom is 0.404 e. The van der Waals surface area contributed by atoms with Crippen molar-refractivity contribution < 1.29 is 14.7 Å². The third kappa shape index (κ3) is 3.05. The molecule has 0 heterocycles. The van der Waals surface area contributed by atoms with Crippen molar-refractivity contribution in [2.75, 3.05) is 0 Å². The fourth-order valence-corrected chi connectivity index (χ4v) is 1.82. The Labute approximate surface area is 77.3 Å². The van der Waals surface area contributed by atoms with E-state index in [0.29, 0.717) is 0 Å². The molecule has 74 valence electrons. The lowest BCUT2D eigenvalue weighted by Crippen LogP contribution is -2.37. The molecule has 1 saturated carbocycles. The van der Waals surface area contributed by atoms with Gasteiger partial charge in [-0.05, 0) is 32.6 Å². The Balaban J connectivity index is 2.30. The van der Waals surface area contributed by atoms with Crippen molar-refractivity contribution in [2.24, 2.45) is 5.92 Å². The first kappa shape index (κ1) is 10.0. The lowest BCUT2D eigenvalue weighted by atomic mass is 9.84. The van der Waals surface area contributed by atoms with Crippen LogP contribution in [0.3, 0.4) is 0 Å². The topological polar surface area (TPSA) is 66.4 Å². The normalized spacial score (nSPS) is 28.1. The van der Waals surface area contributed by atoms with Crippen LogP contribution in [0.15, 0.2) is 0 Å². The summed E-state index contributed by atoms with van der Waals surface area (Å²) in [7, 11) is 0. The zero-order valence-electron chi connectivity index (χ0n) is 7.75. The molecule has 0 bridgehead atoms. The van der Waals surface area contributed by atoms with E-state index < -0.39 is 6.09 Å². The molecule has 0 radical (unpaired) electrons. The van der Waals surface area contributed by atoms with Crippen LogP contribution in [0.1, 0.15) is 32.6 Å². The summed E-state index contributed by atoms with van der Waals surface area (Å²) < 4.78 is 0. The Kier molecular flexibility index (Phi) is 3.28. The number of ketones is 1. The van der Waals surface area contributed by atoms with E-state index in [4.69, 9.17) is 5.11 Å². The SMILES string of the molecule is CC(=O)[C@H]1CC[C@H](NC(=O)O)CC1. The first-order chi connectivity index (χ1) is 6.09. The number of nitrogens with one attached hydrogen (secondary N) is 1. The van der Waals surface area contributed by atoms with Gasteiger partial charge in [0, 0.05) is 12.0 Å². The van der Waals surface area contributed by atoms with E-state index in [1.807, 2.05) is 0 Å². The smallest absolute Gasteiger partial charge is 0.404 e. The third-order valence-electron chi connectivity index (χ3n) is 2.63. The maximum atomic E-state index is 11.0. The van der Waals surface area contributed by atoms with Crippen molar-refractivity contribution in [3.8, 4) is 0 Å². The lowest BCUT2D eigenvalue weighted by Gasteiger charge is -2.26. The summed E-state index contributed by atoms with van der Waals surface area (Å²) in [6.07, 6.45) is 2.25. The second-order valence-corrected chi connectivity index (χ2v) is 3.61. The zero-order chi connectivity index (χ0) is 9.84. The second-order valence-electron chi connectivity index (χ2n) is 3.61. The third-order valence-corrected chi connectivity index (χ3v) is 2.63. The van der Waals surface area contributed by atoms with Crippen molar-refractivity contribution >= 4 is 11.9 Å². The molecule has 1 aliphatic rings. The number of carbonyl (C=O) groups excluding carboxylic acids is 1. The Bertz CT molecular complexity index is 207. The van der Waals surface area contributed by atoms with Gasteiger partial charge in [-0.25, -0.2) is 4.79 Å². The number of hydrogen-bond acceptors (Lipinski definition) is 2. The highest BCUT2D eigenvalue weighted by atomic mass is 16.4. The number of carbonyl (C=O) groups is 2. The van der Waals surface area contributed by atoms with Crippen LogP contribution in [0.5, 0.6) is 0 Å². The molecule has 0 aromatic rings. The van der Waals surface area contributed by atoms with E-state index in [1.54, 1.807) is 6.92 Å². The average molecular weight is 185 g/mol. The number of hydrogen-bond donors (Lipinski definition) is 2. The zero-order valence-corrected chi connectivity index (χ0v) is 7.75. The summed E-state index contributed by atoms with van der Waals surface area (Å²) in [5.74, 6) is 0.389. The van der Waals surface area contributed by atoms with Crippen LogP contribution < -0.4 is 5.32 Å². The summed E-state index contributed by atoms with van der Waals surface area (Å²) in [6.45, 7) is 1.61. The molecule has 0 saturated heterocycles. The van der Waals surface area contributed by atoms with Crippen LogP contribution in [0.25, 0.3) is 0 Å². The van der Waals surface area contributed by atoms with Crippen LogP contribution in [-0.2, 0) is 4.79 Å². The molecule has 0 aliphatic heterocycles. The van der Waals surface area contributed by atoms with Gasteiger partial charge in [-0.2, -0.15) is 0 Å². The fraction of sp³-hybridized carbons (Fsp3) is 0.778. The van der Waals surface area contributed by atoms with Gasteiger partial charge in [-0.3, -0.25) is 4.79 Å². The number of carboxylic acid groups (broad SMARTS) is 1. The van der Waals surface area contributed by atoms with Crippen molar-refractivity contribution in [1.82, 2.24) is 5.32 Å². The van der Waals surface area contributed by atoms with E-state index in [0.717, 1.165) is 25.7 Å². The van der Waals surface area contributed by atoms with Crippen molar-refractivity contribution in [1.29, 1.82) is 0 Å². The van der Waals surface area contributed by atoms with Gasteiger partial charge in [-0.15, -0.1) is 0 Å². The van der Waals surface area contributed by atoms with Gasteiger partial charge in [0.25, 0.3) is 0 Å². The average Bonchev–Trinajstić information content (AvgIpc) is 2.04. The highest BCUT2D eigenvalue weighted by Crippen LogP contribution is 2.24. The quantitative estimate of drug-likeness (QED) is 0.683. The summed E-state index contributed by atoms with van der Waals surface area (Å²) >= 11 is 0. The first-order valence-corrected chi connectivity index (χ1v) is 4.59. The van der Waals surface area contributed by atoms with Crippen LogP contribution in [0.4, 0.5) is 4.79 Å². The summed E-state index contributed by atoms with van der Waals surface area (Å²) in [6, 6.07) is 0.0492. The molecule has 1 fully saturated rings. The largest absolute Gasteiger partial charge is 0.465 e. The minimum atomic E-state index is -0.966. The Morgan fingerprint density at radius 2 is 1.77 bits per heavy atom. The minimum Gasteiger partial charge on any atom is -0.465 e. The molecule has 1 aliphatic carbocycles. The van der Waals surface area contributed by atoms with Gasteiger partial charge in [0.15, 0.2) is 0 Å². The predicted octanol–water partition coefficient (Wildman–Crippen LogP) is 1.40. The van der Waals surface area contributed by atoms with Gasteiger partial charge in [-0.1, -0.05) is 0 Å².